The summed E-state index contributed by atoms with van der Waals surface area (Å²) in [5.41, 5.74) is -2.26. The number of carbonyl (C=O) groups excluding carboxylic acids is 2. The van der Waals surface area contributed by atoms with Crippen molar-refractivity contribution in [2.45, 2.75) is 39.3 Å². The number of rotatable bonds is 4. The molecule has 0 bridgehead atoms. The molecule has 11 heavy (non-hydrogen) atoms. The Labute approximate surface area is 65.8 Å². The lowest BCUT2D eigenvalue weighted by atomic mass is 9.94. The summed E-state index contributed by atoms with van der Waals surface area (Å²) >= 11 is 0. The van der Waals surface area contributed by atoms with Crippen molar-refractivity contribution in [2.24, 2.45) is 0 Å². The van der Waals surface area contributed by atoms with E-state index in [0.29, 0.717) is 0 Å². The topological polar surface area (TPSA) is 34.1 Å². The Morgan fingerprint density at radius 3 is 1.64 bits per heavy atom. The molecule has 0 radical (unpaired) electrons. The zero-order valence-corrected chi connectivity index (χ0v) is 7.11. The van der Waals surface area contributed by atoms with Gasteiger partial charge in [0.05, 0.1) is 0 Å². The molecule has 0 spiro atoms. The Balaban J connectivity index is 4.44. The van der Waals surface area contributed by atoms with Crippen LogP contribution < -0.4 is 0 Å². The van der Waals surface area contributed by atoms with Gasteiger partial charge in [0.2, 0.25) is 5.67 Å². The summed E-state index contributed by atoms with van der Waals surface area (Å²) in [5.74, 6) is -1.27. The van der Waals surface area contributed by atoms with Crippen LogP contribution in [0.25, 0.3) is 0 Å². The Morgan fingerprint density at radius 1 is 1.18 bits per heavy atom. The van der Waals surface area contributed by atoms with Gasteiger partial charge in [-0.15, -0.1) is 0 Å². The van der Waals surface area contributed by atoms with Crippen LogP contribution in [0.4, 0.5) is 4.39 Å². The molecule has 0 heterocycles. The van der Waals surface area contributed by atoms with E-state index in [4.69, 9.17) is 0 Å². The van der Waals surface area contributed by atoms with Gasteiger partial charge in [0.25, 0.3) is 0 Å². The lowest BCUT2D eigenvalue weighted by Gasteiger charge is -2.14. The van der Waals surface area contributed by atoms with E-state index in [-0.39, 0.29) is 12.8 Å². The first-order valence-corrected chi connectivity index (χ1v) is 3.72. The second kappa shape index (κ2) is 3.60. The van der Waals surface area contributed by atoms with Crippen molar-refractivity contribution >= 4 is 11.6 Å². The normalized spacial score (nSPS) is 11.3. The molecule has 64 valence electrons. The minimum absolute atomic E-state index is 0.0682. The zero-order chi connectivity index (χ0) is 9.07. The van der Waals surface area contributed by atoms with Gasteiger partial charge >= 0.3 is 0 Å². The number of ketones is 2. The number of carbonyl (C=O) groups is 2. The fourth-order valence-corrected chi connectivity index (χ4v) is 0.819. The van der Waals surface area contributed by atoms with Crippen LogP contribution in [0, 0.1) is 0 Å². The fourth-order valence-electron chi connectivity index (χ4n) is 0.819. The number of alkyl halides is 1. The Morgan fingerprint density at radius 2 is 1.45 bits per heavy atom. The second-order valence-corrected chi connectivity index (χ2v) is 2.56. The molecule has 0 N–H and O–H groups in total. The first-order chi connectivity index (χ1) is 4.96. The SMILES string of the molecule is CCC(=O)C(C)(F)C(=O)CC. The maximum Gasteiger partial charge on any atom is 0.223 e. The predicted octanol–water partition coefficient (Wildman–Crippen LogP) is 1.67. The van der Waals surface area contributed by atoms with Gasteiger partial charge in [0.15, 0.2) is 11.6 Å². The molecule has 0 saturated heterocycles. The fraction of sp³-hybridized carbons (Fsp3) is 0.750. The summed E-state index contributed by atoms with van der Waals surface area (Å²) in [6, 6.07) is 0. The monoisotopic (exact) mass is 160 g/mol. The third-order valence-electron chi connectivity index (χ3n) is 1.69. The second-order valence-electron chi connectivity index (χ2n) is 2.56. The third-order valence-corrected chi connectivity index (χ3v) is 1.69. The zero-order valence-electron chi connectivity index (χ0n) is 7.11. The van der Waals surface area contributed by atoms with Gasteiger partial charge in [-0.1, -0.05) is 13.8 Å². The quantitative estimate of drug-likeness (QED) is 0.586. The average molecular weight is 160 g/mol. The molecule has 0 aliphatic heterocycles. The van der Waals surface area contributed by atoms with Crippen LogP contribution in [0.5, 0.6) is 0 Å². The average Bonchev–Trinajstić information content (AvgIpc) is 2.01. The summed E-state index contributed by atoms with van der Waals surface area (Å²) < 4.78 is 13.2. The number of halogens is 1. The maximum absolute atomic E-state index is 13.2. The van der Waals surface area contributed by atoms with Gasteiger partial charge in [0, 0.05) is 12.8 Å². The van der Waals surface area contributed by atoms with Gasteiger partial charge in [-0.2, -0.15) is 0 Å². The van der Waals surface area contributed by atoms with Gasteiger partial charge < -0.3 is 0 Å². The molecule has 2 nitrogen and oxygen atoms in total. The van der Waals surface area contributed by atoms with Gasteiger partial charge in [-0.05, 0) is 6.92 Å². The Kier molecular flexibility index (Phi) is 3.36. The smallest absolute Gasteiger partial charge is 0.223 e. The van der Waals surface area contributed by atoms with Crippen LogP contribution in [0.1, 0.15) is 33.6 Å². The lowest BCUT2D eigenvalue weighted by molar-refractivity contribution is -0.141. The molecular weight excluding hydrogens is 147 g/mol. The summed E-state index contributed by atoms with van der Waals surface area (Å²) in [6.07, 6.45) is 0.136. The summed E-state index contributed by atoms with van der Waals surface area (Å²) in [4.78, 5) is 21.7. The van der Waals surface area contributed by atoms with Crippen molar-refractivity contribution in [3.05, 3.63) is 0 Å². The molecule has 3 heteroatoms. The highest BCUT2D eigenvalue weighted by atomic mass is 19.1. The van der Waals surface area contributed by atoms with Gasteiger partial charge in [0.1, 0.15) is 0 Å². The maximum atomic E-state index is 13.2. The van der Waals surface area contributed by atoms with E-state index in [0.717, 1.165) is 6.92 Å². The molecule has 0 aromatic heterocycles. The van der Waals surface area contributed by atoms with Crippen LogP contribution in [0.3, 0.4) is 0 Å². The molecule has 0 aliphatic carbocycles. The first kappa shape index (κ1) is 10.3. The molecular formula is C8H13FO2. The highest BCUT2D eigenvalue weighted by Crippen LogP contribution is 2.16. The van der Waals surface area contributed by atoms with Crippen molar-refractivity contribution < 1.29 is 14.0 Å². The van der Waals surface area contributed by atoms with E-state index < -0.39 is 17.2 Å². The lowest BCUT2D eigenvalue weighted by Crippen LogP contribution is -2.38. The Hall–Kier alpha value is -0.730. The standard InChI is InChI=1S/C8H13FO2/c1-4-6(10)8(3,9)7(11)5-2/h4-5H2,1-3H3. The largest absolute Gasteiger partial charge is 0.296 e. The van der Waals surface area contributed by atoms with Crippen molar-refractivity contribution in [2.75, 3.05) is 0 Å². The molecule has 0 aliphatic rings. The van der Waals surface area contributed by atoms with E-state index in [1.54, 1.807) is 13.8 Å². The molecule has 0 rings (SSSR count). The summed E-state index contributed by atoms with van der Waals surface area (Å²) in [6.45, 7) is 4.12. The Bertz CT molecular complexity index is 155. The third kappa shape index (κ3) is 2.10. The first-order valence-electron chi connectivity index (χ1n) is 3.72. The molecule has 0 saturated carbocycles. The van der Waals surface area contributed by atoms with Crippen LogP contribution in [-0.4, -0.2) is 17.2 Å². The summed E-state index contributed by atoms with van der Waals surface area (Å²) in [5, 5.41) is 0. The van der Waals surface area contributed by atoms with E-state index in [1.165, 1.54) is 0 Å². The van der Waals surface area contributed by atoms with Crippen LogP contribution >= 0.6 is 0 Å². The molecule has 0 fully saturated rings. The van der Waals surface area contributed by atoms with Crippen LogP contribution in [0.15, 0.2) is 0 Å². The van der Waals surface area contributed by atoms with Gasteiger partial charge in [-0.3, -0.25) is 9.59 Å². The molecule has 0 atom stereocenters. The van der Waals surface area contributed by atoms with E-state index in [1.807, 2.05) is 0 Å². The molecule has 0 amide bonds. The predicted molar refractivity (Wildman–Crippen MR) is 40.1 cm³/mol. The molecule has 0 aromatic carbocycles. The highest BCUT2D eigenvalue weighted by molar-refractivity contribution is 6.09. The van der Waals surface area contributed by atoms with Crippen molar-refractivity contribution in [3.8, 4) is 0 Å². The minimum atomic E-state index is -2.26. The molecule has 0 unspecified atom stereocenters. The van der Waals surface area contributed by atoms with Crippen molar-refractivity contribution in [3.63, 3.8) is 0 Å². The molecule has 0 aromatic rings. The highest BCUT2D eigenvalue weighted by Gasteiger charge is 2.37. The van der Waals surface area contributed by atoms with Crippen molar-refractivity contribution in [1.29, 1.82) is 0 Å². The van der Waals surface area contributed by atoms with Crippen LogP contribution in [0.2, 0.25) is 0 Å². The van der Waals surface area contributed by atoms with E-state index >= 15 is 0 Å². The minimum Gasteiger partial charge on any atom is -0.296 e. The van der Waals surface area contributed by atoms with Crippen LogP contribution in [-0.2, 0) is 9.59 Å². The van der Waals surface area contributed by atoms with E-state index in [9.17, 15) is 14.0 Å². The summed E-state index contributed by atoms with van der Waals surface area (Å²) in [7, 11) is 0. The number of hydrogen-bond donors (Lipinski definition) is 0. The number of Topliss-reactive ketones (excluding diaryl/α,β-unsaturated/α-hetero) is 2. The van der Waals surface area contributed by atoms with Gasteiger partial charge in [-0.25, -0.2) is 4.39 Å². The number of hydrogen-bond acceptors (Lipinski definition) is 2. The van der Waals surface area contributed by atoms with Crippen molar-refractivity contribution in [1.82, 2.24) is 0 Å². The van der Waals surface area contributed by atoms with E-state index in [2.05, 4.69) is 0 Å².